The highest BCUT2D eigenvalue weighted by atomic mass is 16.5. The number of hydrogen-bond acceptors (Lipinski definition) is 5. The summed E-state index contributed by atoms with van der Waals surface area (Å²) in [4.78, 5) is 21.4. The zero-order chi connectivity index (χ0) is 20.1. The molecule has 6 heteroatoms. The van der Waals surface area contributed by atoms with E-state index in [2.05, 4.69) is 20.4 Å². The van der Waals surface area contributed by atoms with Crippen molar-refractivity contribution < 1.29 is 9.32 Å². The normalized spacial score (nSPS) is 11.8. The van der Waals surface area contributed by atoms with E-state index in [4.69, 9.17) is 4.52 Å². The molecule has 0 bridgehead atoms. The van der Waals surface area contributed by atoms with Gasteiger partial charge in [-0.3, -0.25) is 9.78 Å². The van der Waals surface area contributed by atoms with Gasteiger partial charge >= 0.3 is 0 Å². The Bertz CT molecular complexity index is 1080. The molecule has 4 aromatic rings. The van der Waals surface area contributed by atoms with Crippen molar-refractivity contribution >= 4 is 5.91 Å². The van der Waals surface area contributed by atoms with Crippen LogP contribution in [0.3, 0.4) is 0 Å². The fourth-order valence-electron chi connectivity index (χ4n) is 2.99. The van der Waals surface area contributed by atoms with Crippen molar-refractivity contribution in [3.63, 3.8) is 0 Å². The van der Waals surface area contributed by atoms with Crippen LogP contribution in [0, 0.1) is 6.92 Å². The summed E-state index contributed by atoms with van der Waals surface area (Å²) in [7, 11) is 0. The molecule has 1 unspecified atom stereocenters. The second kappa shape index (κ2) is 8.48. The topological polar surface area (TPSA) is 80.9 Å². The highest BCUT2D eigenvalue weighted by Crippen LogP contribution is 2.21. The van der Waals surface area contributed by atoms with Crippen LogP contribution in [0.2, 0.25) is 0 Å². The summed E-state index contributed by atoms with van der Waals surface area (Å²) >= 11 is 0. The van der Waals surface area contributed by atoms with Gasteiger partial charge < -0.3 is 9.84 Å². The third-order valence-electron chi connectivity index (χ3n) is 4.56. The molecule has 1 N–H and O–H groups in total. The fourth-order valence-corrected chi connectivity index (χ4v) is 2.99. The highest BCUT2D eigenvalue weighted by Gasteiger charge is 2.23. The van der Waals surface area contributed by atoms with Crippen molar-refractivity contribution in [2.45, 2.75) is 19.4 Å². The summed E-state index contributed by atoms with van der Waals surface area (Å²) in [5.41, 5.74) is 3.50. The molecule has 1 amide bonds. The molecule has 144 valence electrons. The van der Waals surface area contributed by atoms with Crippen molar-refractivity contribution in [3.8, 4) is 11.4 Å². The molecule has 0 spiro atoms. The van der Waals surface area contributed by atoms with Gasteiger partial charge in [0.1, 0.15) is 6.04 Å². The van der Waals surface area contributed by atoms with Crippen molar-refractivity contribution in [3.05, 3.63) is 102 Å². The summed E-state index contributed by atoms with van der Waals surface area (Å²) in [6, 6.07) is 20.5. The molecule has 2 aromatic carbocycles. The Morgan fingerprint density at radius 1 is 1.03 bits per heavy atom. The van der Waals surface area contributed by atoms with Crippen LogP contribution >= 0.6 is 0 Å². The first-order valence-corrected chi connectivity index (χ1v) is 9.34. The average Bonchev–Trinajstić information content (AvgIpc) is 3.25. The van der Waals surface area contributed by atoms with Crippen LogP contribution in [0.4, 0.5) is 0 Å². The lowest BCUT2D eigenvalue weighted by atomic mass is 10.0. The third kappa shape index (κ3) is 4.55. The molecule has 0 aliphatic carbocycles. The van der Waals surface area contributed by atoms with Crippen LogP contribution in [-0.4, -0.2) is 21.0 Å². The van der Waals surface area contributed by atoms with E-state index in [1.807, 2.05) is 61.5 Å². The van der Waals surface area contributed by atoms with Gasteiger partial charge in [0.05, 0.1) is 0 Å². The molecule has 6 nitrogen and oxygen atoms in total. The number of nitrogens with zero attached hydrogens (tertiary/aromatic N) is 3. The first-order valence-electron chi connectivity index (χ1n) is 9.34. The van der Waals surface area contributed by atoms with Crippen LogP contribution in [0.15, 0.2) is 83.6 Å². The Hall–Kier alpha value is -3.80. The van der Waals surface area contributed by atoms with Crippen molar-refractivity contribution in [1.82, 2.24) is 20.4 Å². The average molecular weight is 384 g/mol. The smallest absolute Gasteiger partial charge is 0.251 e. The molecule has 2 aromatic heterocycles. The SMILES string of the molecule is Cc1ccc(C(=O)NC(Cc2ccccc2)c2nc(-c3cccnc3)no2)cc1. The number of benzene rings is 2. The van der Waals surface area contributed by atoms with Crippen LogP contribution in [-0.2, 0) is 6.42 Å². The summed E-state index contributed by atoms with van der Waals surface area (Å²) < 4.78 is 5.51. The summed E-state index contributed by atoms with van der Waals surface area (Å²) in [5, 5.41) is 7.09. The molecule has 0 radical (unpaired) electrons. The Morgan fingerprint density at radius 2 is 1.83 bits per heavy atom. The largest absolute Gasteiger partial charge is 0.340 e. The molecule has 0 saturated heterocycles. The van der Waals surface area contributed by atoms with E-state index < -0.39 is 6.04 Å². The number of carbonyl (C=O) groups excluding carboxylic acids is 1. The van der Waals surface area contributed by atoms with Gasteiger partial charge in [0.25, 0.3) is 5.91 Å². The Morgan fingerprint density at radius 3 is 2.55 bits per heavy atom. The van der Waals surface area contributed by atoms with E-state index in [0.717, 1.165) is 16.7 Å². The molecule has 0 aliphatic rings. The fraction of sp³-hybridized carbons (Fsp3) is 0.130. The molecule has 0 aliphatic heterocycles. The second-order valence-corrected chi connectivity index (χ2v) is 6.78. The maximum Gasteiger partial charge on any atom is 0.251 e. The Kier molecular flexibility index (Phi) is 5.42. The third-order valence-corrected chi connectivity index (χ3v) is 4.56. The first-order chi connectivity index (χ1) is 14.2. The molecular formula is C23H20N4O2. The number of carbonyl (C=O) groups is 1. The minimum atomic E-state index is -0.455. The zero-order valence-corrected chi connectivity index (χ0v) is 15.9. The van der Waals surface area contributed by atoms with Gasteiger partial charge in [0.2, 0.25) is 11.7 Å². The van der Waals surface area contributed by atoms with Gasteiger partial charge in [-0.2, -0.15) is 4.98 Å². The standard InChI is InChI=1S/C23H20N4O2/c1-16-9-11-18(12-10-16)22(28)25-20(14-17-6-3-2-4-7-17)23-26-21(27-29-23)19-8-5-13-24-15-19/h2-13,15,20H,14H2,1H3,(H,25,28). The maximum atomic E-state index is 12.8. The number of aromatic nitrogens is 3. The molecular weight excluding hydrogens is 364 g/mol. The lowest BCUT2D eigenvalue weighted by Crippen LogP contribution is -2.30. The monoisotopic (exact) mass is 384 g/mol. The Labute approximate surface area is 168 Å². The number of aryl methyl sites for hydroxylation is 1. The lowest BCUT2D eigenvalue weighted by molar-refractivity contribution is 0.0928. The van der Waals surface area contributed by atoms with Crippen LogP contribution < -0.4 is 5.32 Å². The van der Waals surface area contributed by atoms with Crippen molar-refractivity contribution in [2.75, 3.05) is 0 Å². The van der Waals surface area contributed by atoms with Gasteiger partial charge in [0, 0.05) is 29.9 Å². The molecule has 2 heterocycles. The van der Waals surface area contributed by atoms with Gasteiger partial charge in [-0.15, -0.1) is 0 Å². The molecule has 0 fully saturated rings. The molecule has 1 atom stereocenters. The lowest BCUT2D eigenvalue weighted by Gasteiger charge is -2.15. The Balaban J connectivity index is 1.61. The maximum absolute atomic E-state index is 12.8. The first kappa shape index (κ1) is 18.6. The number of amides is 1. The minimum Gasteiger partial charge on any atom is -0.340 e. The predicted molar refractivity (Wildman–Crippen MR) is 109 cm³/mol. The summed E-state index contributed by atoms with van der Waals surface area (Å²) in [5.74, 6) is 0.607. The molecule has 4 rings (SSSR count). The van der Waals surface area contributed by atoms with Gasteiger partial charge in [-0.1, -0.05) is 53.2 Å². The van der Waals surface area contributed by atoms with Gasteiger partial charge in [-0.05, 0) is 36.8 Å². The van der Waals surface area contributed by atoms with E-state index in [1.165, 1.54) is 0 Å². The number of nitrogens with one attached hydrogen (secondary N) is 1. The molecule has 0 saturated carbocycles. The molecule has 29 heavy (non-hydrogen) atoms. The summed E-state index contributed by atoms with van der Waals surface area (Å²) in [6.07, 6.45) is 3.89. The highest BCUT2D eigenvalue weighted by molar-refractivity contribution is 5.94. The predicted octanol–water partition coefficient (Wildman–Crippen LogP) is 4.15. The van der Waals surface area contributed by atoms with E-state index in [0.29, 0.717) is 23.7 Å². The van der Waals surface area contributed by atoms with Gasteiger partial charge in [0.15, 0.2) is 0 Å². The van der Waals surface area contributed by atoms with Gasteiger partial charge in [-0.25, -0.2) is 0 Å². The quantitative estimate of drug-likeness (QED) is 0.540. The number of hydrogen-bond donors (Lipinski definition) is 1. The second-order valence-electron chi connectivity index (χ2n) is 6.78. The van der Waals surface area contributed by atoms with E-state index >= 15 is 0 Å². The van der Waals surface area contributed by atoms with Crippen LogP contribution in [0.5, 0.6) is 0 Å². The van der Waals surface area contributed by atoms with E-state index in [-0.39, 0.29) is 5.91 Å². The summed E-state index contributed by atoms with van der Waals surface area (Å²) in [6.45, 7) is 1.98. The van der Waals surface area contributed by atoms with Crippen LogP contribution in [0.25, 0.3) is 11.4 Å². The van der Waals surface area contributed by atoms with Crippen molar-refractivity contribution in [2.24, 2.45) is 0 Å². The number of rotatable bonds is 6. The van der Waals surface area contributed by atoms with Crippen LogP contribution in [0.1, 0.15) is 33.4 Å². The van der Waals surface area contributed by atoms with Crippen molar-refractivity contribution in [1.29, 1.82) is 0 Å². The van der Waals surface area contributed by atoms with E-state index in [9.17, 15) is 4.79 Å². The number of pyridine rings is 1. The van der Waals surface area contributed by atoms with E-state index in [1.54, 1.807) is 24.5 Å². The minimum absolute atomic E-state index is 0.188. The zero-order valence-electron chi connectivity index (χ0n) is 15.9.